The molecule has 1 saturated heterocycles. The molecule has 1 aliphatic heterocycles. The van der Waals surface area contributed by atoms with Crippen molar-refractivity contribution < 1.29 is 30.3 Å². The van der Waals surface area contributed by atoms with Crippen LogP contribution in [-0.4, -0.2) is 76.7 Å². The summed E-state index contributed by atoms with van der Waals surface area (Å²) in [6.45, 7) is 0.588. The van der Waals surface area contributed by atoms with E-state index < -0.39 is 42.9 Å². The van der Waals surface area contributed by atoms with Gasteiger partial charge in [0.1, 0.15) is 40.8 Å². The Hall–Kier alpha value is -1.53. The van der Waals surface area contributed by atoms with Crippen molar-refractivity contribution in [1.82, 2.24) is 14.5 Å². The van der Waals surface area contributed by atoms with E-state index in [0.29, 0.717) is 5.39 Å². The zero-order chi connectivity index (χ0) is 18.5. The minimum Gasteiger partial charge on any atom is -0.394 e. The van der Waals surface area contributed by atoms with Gasteiger partial charge >= 0.3 is 0 Å². The van der Waals surface area contributed by atoms with E-state index >= 15 is 0 Å². The van der Waals surface area contributed by atoms with E-state index in [2.05, 4.69) is 9.97 Å². The average Bonchev–Trinajstić information content (AvgIpc) is 2.94. The second-order valence-corrected chi connectivity index (χ2v) is 6.55. The number of hydrogen-bond acceptors (Lipinski definition) is 9. The molecule has 11 heteroatoms. The van der Waals surface area contributed by atoms with Crippen LogP contribution in [0.4, 0.5) is 5.95 Å². The lowest BCUT2D eigenvalue weighted by atomic mass is 9.90. The number of aromatic nitrogens is 3. The molecule has 1 aliphatic rings. The molecule has 7 N–H and O–H groups in total. The Kier molecular flexibility index (Phi) is 4.62. The molecule has 2 aromatic heterocycles. The molecule has 138 valence electrons. The highest BCUT2D eigenvalue weighted by Gasteiger charge is 2.52. The summed E-state index contributed by atoms with van der Waals surface area (Å²) in [5.41, 5.74) is 3.79. The number of halogens is 1. The minimum absolute atomic E-state index is 0.0915. The Bertz CT molecular complexity index is 784. The molecule has 1 fully saturated rings. The SMILES string of the molecule is C[C@@]1(O)[C@H](O)[C@@H](O)[C@H](O)[C@@H](CO)O[C@H]1n1ccc2c(Cl)nc(N)nc21. The van der Waals surface area contributed by atoms with Crippen LogP contribution in [0.1, 0.15) is 13.2 Å². The number of ether oxygens (including phenoxy) is 1. The molecule has 0 saturated carbocycles. The van der Waals surface area contributed by atoms with Gasteiger partial charge in [-0.2, -0.15) is 4.98 Å². The maximum absolute atomic E-state index is 10.8. The van der Waals surface area contributed by atoms with Crippen LogP contribution in [0.15, 0.2) is 12.3 Å². The van der Waals surface area contributed by atoms with Crippen LogP contribution in [0.3, 0.4) is 0 Å². The van der Waals surface area contributed by atoms with Gasteiger partial charge in [-0.1, -0.05) is 11.6 Å². The van der Waals surface area contributed by atoms with Crippen LogP contribution in [0.25, 0.3) is 11.0 Å². The van der Waals surface area contributed by atoms with Crippen LogP contribution in [-0.2, 0) is 4.74 Å². The van der Waals surface area contributed by atoms with E-state index in [1.807, 2.05) is 0 Å². The highest BCUT2D eigenvalue weighted by atomic mass is 35.5. The molecule has 3 rings (SSSR count). The minimum atomic E-state index is -2.04. The summed E-state index contributed by atoms with van der Waals surface area (Å²) >= 11 is 6.03. The van der Waals surface area contributed by atoms with Crippen molar-refractivity contribution in [3.63, 3.8) is 0 Å². The van der Waals surface area contributed by atoms with Gasteiger partial charge in [-0.25, -0.2) is 4.98 Å². The summed E-state index contributed by atoms with van der Waals surface area (Å²) in [7, 11) is 0. The van der Waals surface area contributed by atoms with Crippen LogP contribution >= 0.6 is 11.6 Å². The third-order valence-electron chi connectivity index (χ3n) is 4.43. The van der Waals surface area contributed by atoms with Gasteiger partial charge < -0.3 is 40.6 Å². The van der Waals surface area contributed by atoms with Gasteiger partial charge in [-0.3, -0.25) is 0 Å². The first-order valence-electron chi connectivity index (χ1n) is 7.51. The number of fused-ring (bicyclic) bond motifs is 1. The number of aliphatic hydroxyl groups excluding tert-OH is 4. The lowest BCUT2D eigenvalue weighted by Crippen LogP contribution is -2.53. The molecule has 0 amide bonds. The van der Waals surface area contributed by atoms with Gasteiger partial charge in [0.15, 0.2) is 6.23 Å². The van der Waals surface area contributed by atoms with Crippen LogP contribution in [0.2, 0.25) is 5.15 Å². The Balaban J connectivity index is 2.17. The summed E-state index contributed by atoms with van der Waals surface area (Å²) in [5.74, 6) is -0.106. The molecule has 0 spiro atoms. The first-order valence-corrected chi connectivity index (χ1v) is 7.88. The van der Waals surface area contributed by atoms with Crippen molar-refractivity contribution in [2.45, 2.75) is 43.2 Å². The van der Waals surface area contributed by atoms with Crippen molar-refractivity contribution >= 4 is 28.6 Å². The number of nitrogens with two attached hydrogens (primary N) is 1. The van der Waals surface area contributed by atoms with Gasteiger partial charge in [-0.15, -0.1) is 0 Å². The fourth-order valence-corrected chi connectivity index (χ4v) is 3.22. The van der Waals surface area contributed by atoms with E-state index in [4.69, 9.17) is 22.1 Å². The number of anilines is 1. The zero-order valence-electron chi connectivity index (χ0n) is 13.2. The van der Waals surface area contributed by atoms with E-state index in [1.165, 1.54) is 17.7 Å². The Morgan fingerprint density at radius 2 is 2.00 bits per heavy atom. The van der Waals surface area contributed by atoms with Crippen LogP contribution in [0, 0.1) is 0 Å². The fraction of sp³-hybridized carbons (Fsp3) is 0.571. The summed E-state index contributed by atoms with van der Waals surface area (Å²) in [6, 6.07) is 1.56. The number of rotatable bonds is 2. The lowest BCUT2D eigenvalue weighted by Gasteiger charge is -2.36. The third-order valence-corrected chi connectivity index (χ3v) is 4.72. The Morgan fingerprint density at radius 1 is 1.32 bits per heavy atom. The second kappa shape index (κ2) is 6.32. The fourth-order valence-electron chi connectivity index (χ4n) is 2.98. The molecule has 25 heavy (non-hydrogen) atoms. The molecule has 0 bridgehead atoms. The van der Waals surface area contributed by atoms with Gasteiger partial charge in [0.2, 0.25) is 5.95 Å². The summed E-state index contributed by atoms with van der Waals surface area (Å²) in [4.78, 5) is 7.90. The van der Waals surface area contributed by atoms with Crippen LogP contribution < -0.4 is 5.73 Å². The number of nitrogens with zero attached hydrogens (tertiary/aromatic N) is 3. The van der Waals surface area contributed by atoms with Crippen molar-refractivity contribution in [3.05, 3.63) is 17.4 Å². The highest BCUT2D eigenvalue weighted by molar-refractivity contribution is 6.34. The van der Waals surface area contributed by atoms with E-state index in [9.17, 15) is 25.5 Å². The predicted octanol–water partition coefficient (Wildman–Crippen LogP) is -1.61. The standard InChI is InChI=1S/C14H19ClN4O6/c1-14(24)9(23)8(22)7(21)6(4-20)25-12(14)19-3-2-5-10(15)17-13(16)18-11(5)19/h2-3,6-9,12,20-24H,4H2,1H3,(H2,16,17,18)/t6-,7-,8+,9-,12-,14-/m1/s1. The molecule has 0 radical (unpaired) electrons. The first-order chi connectivity index (χ1) is 11.7. The van der Waals surface area contributed by atoms with Crippen molar-refractivity contribution in [2.75, 3.05) is 12.3 Å². The number of nitrogen functional groups attached to an aromatic ring is 1. The molecule has 0 aliphatic carbocycles. The van der Waals surface area contributed by atoms with Crippen molar-refractivity contribution in [1.29, 1.82) is 0 Å². The first kappa shape index (κ1) is 18.3. The van der Waals surface area contributed by atoms with E-state index in [0.717, 1.165) is 0 Å². The summed E-state index contributed by atoms with van der Waals surface area (Å²) in [6.07, 6.45) is -6.19. The van der Waals surface area contributed by atoms with E-state index in [1.54, 1.807) is 6.07 Å². The normalized spacial score (nSPS) is 36.5. The van der Waals surface area contributed by atoms with Crippen molar-refractivity contribution in [2.24, 2.45) is 0 Å². The monoisotopic (exact) mass is 374 g/mol. The maximum Gasteiger partial charge on any atom is 0.223 e. The molecule has 3 heterocycles. The smallest absolute Gasteiger partial charge is 0.223 e. The summed E-state index contributed by atoms with van der Waals surface area (Å²) < 4.78 is 6.95. The number of aliphatic hydroxyl groups is 5. The molecule has 10 nitrogen and oxygen atoms in total. The van der Waals surface area contributed by atoms with Gasteiger partial charge in [0.25, 0.3) is 0 Å². The molecule has 6 atom stereocenters. The molecular formula is C14H19ClN4O6. The topological polar surface area (TPSA) is 167 Å². The van der Waals surface area contributed by atoms with Gasteiger partial charge in [0, 0.05) is 6.20 Å². The van der Waals surface area contributed by atoms with Crippen LogP contribution in [0.5, 0.6) is 0 Å². The second-order valence-electron chi connectivity index (χ2n) is 6.19. The van der Waals surface area contributed by atoms with E-state index in [-0.39, 0.29) is 16.7 Å². The molecule has 0 unspecified atom stereocenters. The quantitative estimate of drug-likeness (QED) is 0.339. The van der Waals surface area contributed by atoms with Crippen molar-refractivity contribution in [3.8, 4) is 0 Å². The average molecular weight is 375 g/mol. The maximum atomic E-state index is 10.8. The largest absolute Gasteiger partial charge is 0.394 e. The predicted molar refractivity (Wildman–Crippen MR) is 86.6 cm³/mol. The highest BCUT2D eigenvalue weighted by Crippen LogP contribution is 2.37. The zero-order valence-corrected chi connectivity index (χ0v) is 13.9. The number of hydrogen-bond donors (Lipinski definition) is 6. The van der Waals surface area contributed by atoms with Gasteiger partial charge in [-0.05, 0) is 13.0 Å². The third kappa shape index (κ3) is 2.85. The Morgan fingerprint density at radius 3 is 2.64 bits per heavy atom. The Labute approximate surface area is 147 Å². The summed E-state index contributed by atoms with van der Waals surface area (Å²) in [5, 5.41) is 51.2. The molecule has 0 aromatic carbocycles. The molecular weight excluding hydrogens is 356 g/mol. The van der Waals surface area contributed by atoms with Gasteiger partial charge in [0.05, 0.1) is 12.0 Å². The lowest BCUT2D eigenvalue weighted by molar-refractivity contribution is -0.197. The molecule has 2 aromatic rings.